The summed E-state index contributed by atoms with van der Waals surface area (Å²) in [4.78, 5) is 28.2. The van der Waals surface area contributed by atoms with Gasteiger partial charge < -0.3 is 10.4 Å². The van der Waals surface area contributed by atoms with Crippen molar-refractivity contribution >= 4 is 23.2 Å². The number of aliphatic hydroxyl groups is 1. The zero-order valence-corrected chi connectivity index (χ0v) is 28.4. The number of fused-ring (bicyclic) bond motifs is 7. The lowest BCUT2D eigenvalue weighted by atomic mass is 9.33. The summed E-state index contributed by atoms with van der Waals surface area (Å²) in [7, 11) is 0. The number of benzene rings is 1. The molecule has 5 aliphatic rings. The summed E-state index contributed by atoms with van der Waals surface area (Å²) in [6.07, 6.45) is 8.45. The van der Waals surface area contributed by atoms with Gasteiger partial charge >= 0.3 is 0 Å². The minimum Gasteiger partial charge on any atom is -0.393 e. The van der Waals surface area contributed by atoms with Gasteiger partial charge in [-0.25, -0.2) is 0 Å². The number of Topliss-reactive ketones (excluding diaryl/α,β-unsaturated/α-hetero) is 2. The van der Waals surface area contributed by atoms with Crippen LogP contribution in [0, 0.1) is 50.7 Å². The molecule has 0 aliphatic heterocycles. The predicted octanol–water partition coefficient (Wildman–Crippen LogP) is 8.34. The van der Waals surface area contributed by atoms with E-state index in [1.54, 1.807) is 0 Å². The fourth-order valence-electron chi connectivity index (χ4n) is 12.0. The van der Waals surface area contributed by atoms with Crippen molar-refractivity contribution in [1.82, 2.24) is 5.32 Å². The smallest absolute Gasteiger partial charge is 0.160 e. The van der Waals surface area contributed by atoms with E-state index < -0.39 is 5.41 Å². The van der Waals surface area contributed by atoms with Crippen molar-refractivity contribution in [2.24, 2.45) is 50.7 Å². The number of allylic oxidation sites excluding steroid dienone is 2. The quantitative estimate of drug-likeness (QED) is 0.341. The highest BCUT2D eigenvalue weighted by atomic mass is 35.5. The second-order valence-electron chi connectivity index (χ2n) is 16.8. The Hall–Kier alpha value is -1.49. The minimum absolute atomic E-state index is 0.0463. The van der Waals surface area contributed by atoms with E-state index in [-0.39, 0.29) is 57.7 Å². The van der Waals surface area contributed by atoms with E-state index in [1.165, 1.54) is 12.0 Å². The first-order valence-corrected chi connectivity index (χ1v) is 17.4. The van der Waals surface area contributed by atoms with E-state index in [9.17, 15) is 14.7 Å². The molecule has 1 aromatic rings. The zero-order chi connectivity index (χ0) is 31.2. The van der Waals surface area contributed by atoms with Crippen LogP contribution in [0.2, 0.25) is 5.02 Å². The molecule has 2 N–H and O–H groups in total. The van der Waals surface area contributed by atoms with Crippen LogP contribution in [0.15, 0.2) is 35.4 Å². The molecule has 8 atom stereocenters. The van der Waals surface area contributed by atoms with Gasteiger partial charge in [0.05, 0.1) is 18.1 Å². The average molecular weight is 608 g/mol. The summed E-state index contributed by atoms with van der Waals surface area (Å²) < 4.78 is 0. The van der Waals surface area contributed by atoms with E-state index in [2.05, 4.69) is 53.8 Å². The van der Waals surface area contributed by atoms with E-state index in [1.807, 2.05) is 24.3 Å². The number of rotatable bonds is 6. The summed E-state index contributed by atoms with van der Waals surface area (Å²) in [6, 6.07) is 7.75. The topological polar surface area (TPSA) is 66.4 Å². The van der Waals surface area contributed by atoms with Crippen molar-refractivity contribution in [3.8, 4) is 0 Å². The molecule has 0 saturated heterocycles. The van der Waals surface area contributed by atoms with Crippen molar-refractivity contribution in [2.75, 3.05) is 6.54 Å². The zero-order valence-electron chi connectivity index (χ0n) is 27.6. The normalized spacial score (nSPS) is 41.9. The van der Waals surface area contributed by atoms with Gasteiger partial charge in [-0.3, -0.25) is 9.59 Å². The standard InChI is InChI=1S/C38H54ClNO3/c1-23(2)32-27(41)20-38(31(43)22-40-21-24-8-10-25(39)11-9-24)19-18-36(6)26(33(32)38)12-13-29-35(5)16-15-30(42)34(3,4)28(35)14-17-37(29,36)7/h8-11,23,26,28-30,40,42H,12-22H2,1-7H3. The Morgan fingerprint density at radius 3 is 2.30 bits per heavy atom. The molecule has 0 radical (unpaired) electrons. The molecule has 4 fully saturated rings. The molecule has 5 aliphatic carbocycles. The third-order valence-electron chi connectivity index (χ3n) is 14.5. The summed E-state index contributed by atoms with van der Waals surface area (Å²) in [5.41, 5.74) is 2.99. The molecule has 4 nitrogen and oxygen atoms in total. The molecule has 4 saturated carbocycles. The molecule has 0 spiro atoms. The van der Waals surface area contributed by atoms with Gasteiger partial charge in [-0.1, -0.05) is 72.2 Å². The second kappa shape index (κ2) is 10.5. The molecule has 6 rings (SSSR count). The van der Waals surface area contributed by atoms with E-state index >= 15 is 0 Å². The molecule has 236 valence electrons. The number of aliphatic hydroxyl groups excluding tert-OH is 1. The maximum atomic E-state index is 14.3. The fraction of sp³-hybridized carbons (Fsp3) is 0.737. The van der Waals surface area contributed by atoms with E-state index in [4.69, 9.17) is 11.6 Å². The average Bonchev–Trinajstić information content (AvgIpc) is 3.26. The maximum Gasteiger partial charge on any atom is 0.160 e. The summed E-state index contributed by atoms with van der Waals surface area (Å²) in [6.45, 7) is 17.5. The van der Waals surface area contributed by atoms with Gasteiger partial charge in [0.2, 0.25) is 0 Å². The molecule has 1 aromatic carbocycles. The molecular weight excluding hydrogens is 554 g/mol. The summed E-state index contributed by atoms with van der Waals surface area (Å²) in [5, 5.41) is 15.2. The van der Waals surface area contributed by atoms with Crippen LogP contribution in [0.5, 0.6) is 0 Å². The number of halogens is 1. The Bertz CT molecular complexity index is 1330. The van der Waals surface area contributed by atoms with Crippen LogP contribution in [-0.2, 0) is 16.1 Å². The summed E-state index contributed by atoms with van der Waals surface area (Å²) in [5.74, 6) is 1.93. The van der Waals surface area contributed by atoms with Crippen LogP contribution in [0.1, 0.15) is 112 Å². The number of ketones is 2. The van der Waals surface area contributed by atoms with Gasteiger partial charge in [0.15, 0.2) is 11.6 Å². The van der Waals surface area contributed by atoms with Crippen molar-refractivity contribution in [1.29, 1.82) is 0 Å². The lowest BCUT2D eigenvalue weighted by Gasteiger charge is -2.72. The van der Waals surface area contributed by atoms with E-state index in [0.717, 1.165) is 56.1 Å². The highest BCUT2D eigenvalue weighted by Crippen LogP contribution is 2.76. The number of carbonyl (C=O) groups excluding carboxylic acids is 2. The number of hydrogen-bond donors (Lipinski definition) is 2. The molecule has 43 heavy (non-hydrogen) atoms. The van der Waals surface area contributed by atoms with Gasteiger partial charge in [-0.05, 0) is 126 Å². The van der Waals surface area contributed by atoms with Crippen LogP contribution >= 0.6 is 11.6 Å². The third-order valence-corrected chi connectivity index (χ3v) is 14.7. The number of hydrogen-bond acceptors (Lipinski definition) is 4. The fourth-order valence-corrected chi connectivity index (χ4v) is 12.2. The summed E-state index contributed by atoms with van der Waals surface area (Å²) >= 11 is 6.07. The lowest BCUT2D eigenvalue weighted by Crippen LogP contribution is -2.66. The molecule has 5 heteroatoms. The maximum absolute atomic E-state index is 14.3. The largest absolute Gasteiger partial charge is 0.393 e. The highest BCUT2D eigenvalue weighted by Gasteiger charge is 2.70. The van der Waals surface area contributed by atoms with Crippen LogP contribution < -0.4 is 5.32 Å². The highest BCUT2D eigenvalue weighted by molar-refractivity contribution is 6.30. The number of carbonyl (C=O) groups is 2. The molecule has 8 unspecified atom stereocenters. The lowest BCUT2D eigenvalue weighted by molar-refractivity contribution is -0.228. The van der Waals surface area contributed by atoms with Gasteiger partial charge in [0, 0.05) is 18.0 Å². The Kier molecular flexibility index (Phi) is 7.71. The van der Waals surface area contributed by atoms with Crippen molar-refractivity contribution in [3.05, 3.63) is 46.0 Å². The minimum atomic E-state index is -0.658. The molecule has 0 heterocycles. The Morgan fingerprint density at radius 1 is 0.930 bits per heavy atom. The van der Waals surface area contributed by atoms with E-state index in [0.29, 0.717) is 29.8 Å². The molecular formula is C38H54ClNO3. The molecule has 0 bridgehead atoms. The van der Waals surface area contributed by atoms with Gasteiger partial charge in [-0.2, -0.15) is 0 Å². The Balaban J connectivity index is 1.33. The second-order valence-corrected chi connectivity index (χ2v) is 17.2. The molecule has 0 aromatic heterocycles. The number of nitrogens with one attached hydrogen (secondary N) is 1. The first kappa shape index (κ1) is 31.5. The van der Waals surface area contributed by atoms with Crippen LogP contribution in [0.25, 0.3) is 0 Å². The van der Waals surface area contributed by atoms with Crippen molar-refractivity contribution in [2.45, 2.75) is 119 Å². The van der Waals surface area contributed by atoms with Crippen molar-refractivity contribution < 1.29 is 14.7 Å². The SMILES string of the molecule is CC(C)C1=C2C3CCC4C5(C)CCC(O)C(C)(C)C5CCC4(C)C3(C)CCC2(C(=O)CNCc2ccc(Cl)cc2)CC1=O. The van der Waals surface area contributed by atoms with Crippen LogP contribution in [0.4, 0.5) is 0 Å². The van der Waals surface area contributed by atoms with Crippen LogP contribution in [0.3, 0.4) is 0 Å². The van der Waals surface area contributed by atoms with Crippen molar-refractivity contribution in [3.63, 3.8) is 0 Å². The Labute approximate surface area is 264 Å². The third kappa shape index (κ3) is 4.43. The Morgan fingerprint density at radius 2 is 1.63 bits per heavy atom. The predicted molar refractivity (Wildman–Crippen MR) is 174 cm³/mol. The molecule has 0 amide bonds. The van der Waals surface area contributed by atoms with Gasteiger partial charge in [-0.15, -0.1) is 0 Å². The van der Waals surface area contributed by atoms with Gasteiger partial charge in [0.25, 0.3) is 0 Å². The monoisotopic (exact) mass is 607 g/mol. The first-order chi connectivity index (χ1) is 20.1. The van der Waals surface area contributed by atoms with Crippen LogP contribution in [-0.4, -0.2) is 29.3 Å². The van der Waals surface area contributed by atoms with Gasteiger partial charge in [0.1, 0.15) is 0 Å². The first-order valence-electron chi connectivity index (χ1n) is 17.1.